The van der Waals surface area contributed by atoms with Crippen molar-refractivity contribution in [2.24, 2.45) is 5.41 Å². The molecule has 0 radical (unpaired) electrons. The van der Waals surface area contributed by atoms with E-state index in [1.165, 1.54) is 19.2 Å². The minimum absolute atomic E-state index is 0.0964. The summed E-state index contributed by atoms with van der Waals surface area (Å²) in [6.45, 7) is 2.50. The summed E-state index contributed by atoms with van der Waals surface area (Å²) in [6.07, 6.45) is 0.378. The zero-order chi connectivity index (χ0) is 20.9. The molecule has 0 aromatic heterocycles. The summed E-state index contributed by atoms with van der Waals surface area (Å²) in [6, 6.07) is 15.3. The first kappa shape index (κ1) is 21.3. The number of nitrogens with one attached hydrogen (secondary N) is 1. The van der Waals surface area contributed by atoms with Crippen molar-refractivity contribution in [2.75, 3.05) is 20.3 Å². The summed E-state index contributed by atoms with van der Waals surface area (Å²) >= 11 is 0. The third-order valence-corrected chi connectivity index (χ3v) is 6.54. The largest absolute Gasteiger partial charge is 0.489 e. The molecule has 0 spiro atoms. The van der Waals surface area contributed by atoms with Gasteiger partial charge in [-0.05, 0) is 43.2 Å². The van der Waals surface area contributed by atoms with Crippen LogP contribution in [0.4, 0.5) is 0 Å². The number of methoxy groups -OCH3 is 1. The lowest BCUT2D eigenvalue weighted by molar-refractivity contribution is -0.161. The van der Waals surface area contributed by atoms with Crippen LogP contribution < -0.4 is 9.46 Å². The summed E-state index contributed by atoms with van der Waals surface area (Å²) in [5.74, 6) is 0.0628. The van der Waals surface area contributed by atoms with Crippen LogP contribution in [0.25, 0.3) is 0 Å². The Labute approximate surface area is 171 Å². The number of hydrogen-bond donors (Lipinski definition) is 1. The average Bonchev–Trinajstić information content (AvgIpc) is 2.74. The Morgan fingerprint density at radius 2 is 1.86 bits per heavy atom. The molecule has 8 heteroatoms. The predicted octanol–water partition coefficient (Wildman–Crippen LogP) is 2.51. The number of sulfonamides is 1. The molecule has 29 heavy (non-hydrogen) atoms. The predicted molar refractivity (Wildman–Crippen MR) is 107 cm³/mol. The number of benzene rings is 2. The van der Waals surface area contributed by atoms with E-state index in [4.69, 9.17) is 14.2 Å². The van der Waals surface area contributed by atoms with Gasteiger partial charge in [0, 0.05) is 12.6 Å². The van der Waals surface area contributed by atoms with Gasteiger partial charge in [-0.1, -0.05) is 30.3 Å². The Morgan fingerprint density at radius 1 is 1.17 bits per heavy atom. The fourth-order valence-corrected chi connectivity index (χ4v) is 4.62. The molecule has 0 aliphatic carbocycles. The van der Waals surface area contributed by atoms with Crippen LogP contribution in [-0.4, -0.2) is 40.8 Å². The Kier molecular flexibility index (Phi) is 6.56. The van der Waals surface area contributed by atoms with Gasteiger partial charge in [-0.25, -0.2) is 13.1 Å². The summed E-state index contributed by atoms with van der Waals surface area (Å²) in [7, 11) is -2.55. The van der Waals surface area contributed by atoms with Gasteiger partial charge in [0.05, 0.1) is 18.6 Å². The van der Waals surface area contributed by atoms with Gasteiger partial charge in [0.15, 0.2) is 0 Å². The summed E-state index contributed by atoms with van der Waals surface area (Å²) in [5.41, 5.74) is -0.0637. The van der Waals surface area contributed by atoms with E-state index < -0.39 is 27.4 Å². The summed E-state index contributed by atoms with van der Waals surface area (Å²) in [4.78, 5) is 12.3. The van der Waals surface area contributed by atoms with E-state index in [1.807, 2.05) is 30.3 Å². The molecule has 2 atom stereocenters. The number of esters is 1. The highest BCUT2D eigenvalue weighted by atomic mass is 32.2. The normalized spacial score (nSPS) is 22.1. The van der Waals surface area contributed by atoms with Gasteiger partial charge in [-0.15, -0.1) is 0 Å². The first-order chi connectivity index (χ1) is 13.8. The van der Waals surface area contributed by atoms with Crippen molar-refractivity contribution in [3.8, 4) is 5.75 Å². The van der Waals surface area contributed by atoms with E-state index in [0.717, 1.165) is 5.56 Å². The maximum Gasteiger partial charge on any atom is 0.315 e. The lowest BCUT2D eigenvalue weighted by Gasteiger charge is -2.38. The topological polar surface area (TPSA) is 90.9 Å². The summed E-state index contributed by atoms with van der Waals surface area (Å²) < 4.78 is 44.3. The molecule has 0 unspecified atom stereocenters. The van der Waals surface area contributed by atoms with Crippen LogP contribution in [-0.2, 0) is 30.9 Å². The fourth-order valence-electron chi connectivity index (χ4n) is 3.24. The second-order valence-electron chi connectivity index (χ2n) is 7.17. The molecule has 2 aromatic carbocycles. The molecule has 1 saturated heterocycles. The second kappa shape index (κ2) is 8.94. The molecule has 2 aromatic rings. The van der Waals surface area contributed by atoms with E-state index in [0.29, 0.717) is 25.4 Å². The van der Waals surface area contributed by atoms with Crippen molar-refractivity contribution in [3.63, 3.8) is 0 Å². The summed E-state index contributed by atoms with van der Waals surface area (Å²) in [5, 5.41) is 0. The number of rotatable bonds is 7. The van der Waals surface area contributed by atoms with Crippen molar-refractivity contribution in [1.29, 1.82) is 0 Å². The average molecular weight is 419 g/mol. The van der Waals surface area contributed by atoms with Gasteiger partial charge in [0.2, 0.25) is 10.0 Å². The molecule has 1 heterocycles. The lowest BCUT2D eigenvalue weighted by atomic mass is 9.80. The third-order valence-electron chi connectivity index (χ3n) is 5.05. The van der Waals surface area contributed by atoms with Gasteiger partial charge in [0.25, 0.3) is 0 Å². The Balaban J connectivity index is 1.69. The molecule has 0 saturated carbocycles. The van der Waals surface area contributed by atoms with Crippen molar-refractivity contribution in [1.82, 2.24) is 4.72 Å². The van der Waals surface area contributed by atoms with E-state index in [-0.39, 0.29) is 11.5 Å². The molecule has 156 valence electrons. The maximum absolute atomic E-state index is 12.8. The fraction of sp³-hybridized carbons (Fsp3) is 0.381. The molecular formula is C21H25NO6S. The highest BCUT2D eigenvalue weighted by Crippen LogP contribution is 2.31. The molecule has 7 nitrogen and oxygen atoms in total. The molecule has 0 bridgehead atoms. The highest BCUT2D eigenvalue weighted by molar-refractivity contribution is 7.89. The van der Waals surface area contributed by atoms with Crippen LogP contribution in [0.5, 0.6) is 5.75 Å². The standard InChI is InChI=1S/C21H25NO6S/c1-21(20(23)26-2)15-27-13-12-19(21)22-29(24,25)18-10-8-17(9-11-18)28-14-16-6-4-3-5-7-16/h3-11,19,22H,12-15H2,1-2H3/t19-,21-/m1/s1. The van der Waals surface area contributed by atoms with E-state index in [2.05, 4.69) is 4.72 Å². The molecule has 1 N–H and O–H groups in total. The van der Waals surface area contributed by atoms with Crippen LogP contribution in [0.2, 0.25) is 0 Å². The Bertz CT molecular complexity index is 929. The van der Waals surface area contributed by atoms with Gasteiger partial charge in [0.1, 0.15) is 17.8 Å². The zero-order valence-corrected chi connectivity index (χ0v) is 17.3. The maximum atomic E-state index is 12.8. The zero-order valence-electron chi connectivity index (χ0n) is 16.5. The monoisotopic (exact) mass is 419 g/mol. The highest BCUT2D eigenvalue weighted by Gasteiger charge is 2.46. The number of carbonyl (C=O) groups is 1. The number of ether oxygens (including phenoxy) is 3. The molecule has 1 aliphatic rings. The minimum atomic E-state index is -3.83. The SMILES string of the molecule is COC(=O)[C@]1(C)COCC[C@H]1NS(=O)(=O)c1ccc(OCc2ccccc2)cc1. The van der Waals surface area contributed by atoms with Crippen molar-refractivity contribution in [3.05, 3.63) is 60.2 Å². The van der Waals surface area contributed by atoms with Crippen LogP contribution in [0, 0.1) is 5.41 Å². The third kappa shape index (κ3) is 4.95. The number of carbonyl (C=O) groups excluding carboxylic acids is 1. The van der Waals surface area contributed by atoms with E-state index in [1.54, 1.807) is 19.1 Å². The Morgan fingerprint density at radius 3 is 2.52 bits per heavy atom. The molecule has 1 aliphatic heterocycles. The van der Waals surface area contributed by atoms with Crippen molar-refractivity contribution >= 4 is 16.0 Å². The van der Waals surface area contributed by atoms with Gasteiger partial charge in [-0.2, -0.15) is 0 Å². The van der Waals surface area contributed by atoms with Crippen LogP contribution >= 0.6 is 0 Å². The van der Waals surface area contributed by atoms with E-state index >= 15 is 0 Å². The number of hydrogen-bond acceptors (Lipinski definition) is 6. The van der Waals surface area contributed by atoms with Gasteiger partial charge >= 0.3 is 5.97 Å². The van der Waals surface area contributed by atoms with Crippen LogP contribution in [0.1, 0.15) is 18.9 Å². The first-order valence-corrected chi connectivity index (χ1v) is 10.8. The van der Waals surface area contributed by atoms with Crippen molar-refractivity contribution in [2.45, 2.75) is 30.9 Å². The second-order valence-corrected chi connectivity index (χ2v) is 8.88. The van der Waals surface area contributed by atoms with Crippen LogP contribution in [0.15, 0.2) is 59.5 Å². The molecule has 1 fully saturated rings. The van der Waals surface area contributed by atoms with Gasteiger partial charge < -0.3 is 14.2 Å². The Hall–Kier alpha value is -2.42. The van der Waals surface area contributed by atoms with Crippen molar-refractivity contribution < 1.29 is 27.4 Å². The molecule has 3 rings (SSSR count). The smallest absolute Gasteiger partial charge is 0.315 e. The lowest BCUT2D eigenvalue weighted by Crippen LogP contribution is -2.56. The van der Waals surface area contributed by atoms with E-state index in [9.17, 15) is 13.2 Å². The molecular weight excluding hydrogens is 394 g/mol. The molecule has 0 amide bonds. The van der Waals surface area contributed by atoms with Gasteiger partial charge in [-0.3, -0.25) is 4.79 Å². The first-order valence-electron chi connectivity index (χ1n) is 9.30. The van der Waals surface area contributed by atoms with Crippen LogP contribution in [0.3, 0.4) is 0 Å². The quantitative estimate of drug-likeness (QED) is 0.694. The minimum Gasteiger partial charge on any atom is -0.489 e.